The number of hydrogen-bond acceptors (Lipinski definition) is 8. The standard InChI is InChI=1S/C14H17N7O3/c15-14-17-18-19-21(14)16-9-11-3-1-2-4-12(11)24-10-13(22)20-5-7-23-8-6-20/h1-4,9H,5-8,10H2,(H2,15,17,19)/b16-9+. The first-order chi connectivity index (χ1) is 11.7. The van der Waals surface area contributed by atoms with Crippen LogP contribution in [0.1, 0.15) is 5.56 Å². The molecular weight excluding hydrogens is 314 g/mol. The molecule has 1 amide bonds. The second kappa shape index (κ2) is 7.51. The Morgan fingerprint density at radius 3 is 2.92 bits per heavy atom. The van der Waals surface area contributed by atoms with Gasteiger partial charge in [0.15, 0.2) is 6.61 Å². The number of nitrogens with two attached hydrogens (primary N) is 1. The van der Waals surface area contributed by atoms with Gasteiger partial charge in [-0.25, -0.2) is 0 Å². The first-order valence-electron chi connectivity index (χ1n) is 7.39. The van der Waals surface area contributed by atoms with Crippen molar-refractivity contribution in [1.29, 1.82) is 0 Å². The topological polar surface area (TPSA) is 121 Å². The molecule has 2 aromatic rings. The number of carbonyl (C=O) groups excluding carboxylic acids is 1. The average molecular weight is 331 g/mol. The number of benzene rings is 1. The summed E-state index contributed by atoms with van der Waals surface area (Å²) in [6.45, 7) is 2.25. The number of hydrogen-bond donors (Lipinski definition) is 1. The monoisotopic (exact) mass is 331 g/mol. The van der Waals surface area contributed by atoms with Crippen LogP contribution in [0.3, 0.4) is 0 Å². The van der Waals surface area contributed by atoms with E-state index in [-0.39, 0.29) is 18.5 Å². The molecule has 1 saturated heterocycles. The summed E-state index contributed by atoms with van der Waals surface area (Å²) in [4.78, 5) is 15.0. The van der Waals surface area contributed by atoms with Gasteiger partial charge in [0.1, 0.15) is 5.75 Å². The zero-order valence-corrected chi connectivity index (χ0v) is 12.9. The number of amides is 1. The van der Waals surface area contributed by atoms with E-state index < -0.39 is 0 Å². The fourth-order valence-corrected chi connectivity index (χ4v) is 2.15. The van der Waals surface area contributed by atoms with Crippen molar-refractivity contribution in [3.63, 3.8) is 0 Å². The zero-order chi connectivity index (χ0) is 16.8. The van der Waals surface area contributed by atoms with Crippen LogP contribution in [-0.2, 0) is 9.53 Å². The highest BCUT2D eigenvalue weighted by molar-refractivity contribution is 5.84. The maximum Gasteiger partial charge on any atom is 0.263 e. The van der Waals surface area contributed by atoms with Crippen molar-refractivity contribution in [2.45, 2.75) is 0 Å². The third-order valence-electron chi connectivity index (χ3n) is 3.42. The molecule has 10 nitrogen and oxygen atoms in total. The second-order valence-corrected chi connectivity index (χ2v) is 4.99. The van der Waals surface area contributed by atoms with Crippen LogP contribution in [0, 0.1) is 0 Å². The van der Waals surface area contributed by atoms with E-state index in [0.717, 1.165) is 4.79 Å². The van der Waals surface area contributed by atoms with E-state index in [1.165, 1.54) is 6.21 Å². The number of para-hydroxylation sites is 1. The van der Waals surface area contributed by atoms with Gasteiger partial charge in [-0.05, 0) is 22.6 Å². The number of nitrogens with zero attached hydrogens (tertiary/aromatic N) is 6. The first-order valence-corrected chi connectivity index (χ1v) is 7.39. The number of morpholine rings is 1. The van der Waals surface area contributed by atoms with E-state index in [2.05, 4.69) is 20.6 Å². The van der Waals surface area contributed by atoms with Crippen LogP contribution < -0.4 is 10.5 Å². The van der Waals surface area contributed by atoms with Gasteiger partial charge in [-0.1, -0.05) is 22.0 Å². The Hall–Kier alpha value is -3.01. The quantitative estimate of drug-likeness (QED) is 0.724. The van der Waals surface area contributed by atoms with Crippen LogP contribution >= 0.6 is 0 Å². The van der Waals surface area contributed by atoms with E-state index in [4.69, 9.17) is 15.2 Å². The Labute approximate surface area is 137 Å². The lowest BCUT2D eigenvalue weighted by Gasteiger charge is -2.26. The van der Waals surface area contributed by atoms with Crippen molar-refractivity contribution in [1.82, 2.24) is 25.2 Å². The Morgan fingerprint density at radius 2 is 2.17 bits per heavy atom. The summed E-state index contributed by atoms with van der Waals surface area (Å²) in [7, 11) is 0. The van der Waals surface area contributed by atoms with Crippen LogP contribution in [0.5, 0.6) is 5.75 Å². The minimum absolute atomic E-state index is 0.0438. The smallest absolute Gasteiger partial charge is 0.263 e. The molecule has 0 bridgehead atoms. The van der Waals surface area contributed by atoms with E-state index in [0.29, 0.717) is 37.6 Å². The van der Waals surface area contributed by atoms with Crippen LogP contribution in [0.25, 0.3) is 0 Å². The normalized spacial score (nSPS) is 14.9. The molecule has 0 saturated carbocycles. The minimum Gasteiger partial charge on any atom is -0.483 e. The predicted molar refractivity (Wildman–Crippen MR) is 84.6 cm³/mol. The van der Waals surface area contributed by atoms with E-state index in [1.807, 2.05) is 12.1 Å². The van der Waals surface area contributed by atoms with Crippen LogP contribution in [0.2, 0.25) is 0 Å². The molecule has 2 heterocycles. The van der Waals surface area contributed by atoms with Gasteiger partial charge in [0.2, 0.25) is 0 Å². The summed E-state index contributed by atoms with van der Waals surface area (Å²) in [5.74, 6) is 0.538. The molecule has 10 heteroatoms. The van der Waals surface area contributed by atoms with E-state index in [1.54, 1.807) is 17.0 Å². The van der Waals surface area contributed by atoms with Crippen molar-refractivity contribution in [3.8, 4) is 5.75 Å². The maximum atomic E-state index is 12.1. The Kier molecular flexibility index (Phi) is 4.96. The largest absolute Gasteiger partial charge is 0.483 e. The van der Waals surface area contributed by atoms with Crippen LogP contribution in [0.15, 0.2) is 29.4 Å². The zero-order valence-electron chi connectivity index (χ0n) is 12.9. The van der Waals surface area contributed by atoms with Gasteiger partial charge < -0.3 is 20.1 Å². The average Bonchev–Trinajstić information content (AvgIpc) is 3.04. The van der Waals surface area contributed by atoms with Gasteiger partial charge in [-0.15, -0.1) is 0 Å². The Bertz CT molecular complexity index is 725. The summed E-state index contributed by atoms with van der Waals surface area (Å²) >= 11 is 0. The van der Waals surface area contributed by atoms with Crippen LogP contribution in [0.4, 0.5) is 5.95 Å². The lowest BCUT2D eigenvalue weighted by molar-refractivity contribution is -0.137. The maximum absolute atomic E-state index is 12.1. The number of nitrogen functional groups attached to an aromatic ring is 1. The third kappa shape index (κ3) is 3.84. The van der Waals surface area contributed by atoms with E-state index in [9.17, 15) is 4.79 Å². The molecule has 24 heavy (non-hydrogen) atoms. The summed E-state index contributed by atoms with van der Waals surface area (Å²) in [5, 5.41) is 14.6. The lowest BCUT2D eigenvalue weighted by Crippen LogP contribution is -2.43. The van der Waals surface area contributed by atoms with Gasteiger partial charge in [-0.2, -0.15) is 5.10 Å². The minimum atomic E-state index is -0.0743. The molecule has 1 aromatic carbocycles. The summed E-state index contributed by atoms with van der Waals surface area (Å²) in [6.07, 6.45) is 1.52. The highest BCUT2D eigenvalue weighted by Gasteiger charge is 2.17. The lowest BCUT2D eigenvalue weighted by atomic mass is 10.2. The molecular formula is C14H17N7O3. The van der Waals surface area contributed by atoms with Crippen molar-refractivity contribution in [3.05, 3.63) is 29.8 Å². The molecule has 1 aliphatic rings. The van der Waals surface area contributed by atoms with Gasteiger partial charge in [0.25, 0.3) is 11.9 Å². The van der Waals surface area contributed by atoms with Crippen molar-refractivity contribution in [2.24, 2.45) is 5.10 Å². The van der Waals surface area contributed by atoms with E-state index >= 15 is 0 Å². The molecule has 1 aromatic heterocycles. The number of tetrazole rings is 1. The molecule has 1 fully saturated rings. The molecule has 3 rings (SSSR count). The Balaban J connectivity index is 1.64. The third-order valence-corrected chi connectivity index (χ3v) is 3.42. The first kappa shape index (κ1) is 15.9. The summed E-state index contributed by atoms with van der Waals surface area (Å²) in [6, 6.07) is 7.22. The Morgan fingerprint density at radius 1 is 1.38 bits per heavy atom. The number of anilines is 1. The fraction of sp³-hybridized carbons (Fsp3) is 0.357. The summed E-state index contributed by atoms with van der Waals surface area (Å²) in [5.41, 5.74) is 6.23. The molecule has 126 valence electrons. The van der Waals surface area contributed by atoms with Gasteiger partial charge in [-0.3, -0.25) is 4.79 Å². The molecule has 0 atom stereocenters. The number of aromatic nitrogens is 4. The molecule has 0 aliphatic carbocycles. The highest BCUT2D eigenvalue weighted by atomic mass is 16.5. The molecule has 0 spiro atoms. The second-order valence-electron chi connectivity index (χ2n) is 4.99. The molecule has 2 N–H and O–H groups in total. The number of carbonyl (C=O) groups is 1. The fourth-order valence-electron chi connectivity index (χ4n) is 2.15. The molecule has 0 radical (unpaired) electrons. The predicted octanol–water partition coefficient (Wildman–Crippen LogP) is -0.625. The van der Waals surface area contributed by atoms with Gasteiger partial charge >= 0.3 is 0 Å². The summed E-state index contributed by atoms with van der Waals surface area (Å²) < 4.78 is 10.9. The SMILES string of the molecule is Nc1nnnn1/N=C/c1ccccc1OCC(=O)N1CCOCC1. The van der Waals surface area contributed by atoms with Crippen molar-refractivity contribution in [2.75, 3.05) is 38.6 Å². The number of ether oxygens (including phenoxy) is 2. The highest BCUT2D eigenvalue weighted by Crippen LogP contribution is 2.16. The van der Waals surface area contributed by atoms with Crippen molar-refractivity contribution >= 4 is 18.1 Å². The van der Waals surface area contributed by atoms with Gasteiger partial charge in [0, 0.05) is 18.7 Å². The van der Waals surface area contributed by atoms with Crippen LogP contribution in [-0.4, -0.2) is 70.2 Å². The van der Waals surface area contributed by atoms with Crippen molar-refractivity contribution < 1.29 is 14.3 Å². The number of rotatable bonds is 5. The molecule has 1 aliphatic heterocycles. The van der Waals surface area contributed by atoms with Gasteiger partial charge in [0.05, 0.1) is 19.4 Å². The molecule has 0 unspecified atom stereocenters.